The van der Waals surface area contributed by atoms with E-state index in [-0.39, 0.29) is 18.2 Å². The van der Waals surface area contributed by atoms with Crippen LogP contribution >= 0.6 is 0 Å². The van der Waals surface area contributed by atoms with E-state index in [1.807, 2.05) is 31.2 Å². The SMILES string of the molecule is Cc1cc(O)cc(C(=O)NCC(O)c2cccc(C)c2)c1. The summed E-state index contributed by atoms with van der Waals surface area (Å²) in [4.78, 5) is 12.0. The number of nitrogens with one attached hydrogen (secondary N) is 1. The van der Waals surface area contributed by atoms with Crippen molar-refractivity contribution >= 4 is 5.91 Å². The van der Waals surface area contributed by atoms with Crippen LogP contribution in [0.4, 0.5) is 0 Å². The Morgan fingerprint density at radius 3 is 2.57 bits per heavy atom. The first-order chi connectivity index (χ1) is 9.95. The van der Waals surface area contributed by atoms with E-state index < -0.39 is 6.10 Å². The summed E-state index contributed by atoms with van der Waals surface area (Å²) in [5.41, 5.74) is 3.01. The summed E-state index contributed by atoms with van der Waals surface area (Å²) >= 11 is 0. The van der Waals surface area contributed by atoms with E-state index in [0.717, 1.165) is 16.7 Å². The number of amides is 1. The molecule has 21 heavy (non-hydrogen) atoms. The third-order valence-corrected chi connectivity index (χ3v) is 3.21. The smallest absolute Gasteiger partial charge is 0.251 e. The summed E-state index contributed by atoms with van der Waals surface area (Å²) in [6.07, 6.45) is -0.757. The molecule has 4 nitrogen and oxygen atoms in total. The molecule has 2 aromatic carbocycles. The van der Waals surface area contributed by atoms with Crippen LogP contribution < -0.4 is 5.32 Å². The molecule has 0 saturated heterocycles. The van der Waals surface area contributed by atoms with E-state index >= 15 is 0 Å². The van der Waals surface area contributed by atoms with Crippen molar-refractivity contribution in [1.29, 1.82) is 0 Å². The fourth-order valence-corrected chi connectivity index (χ4v) is 2.18. The van der Waals surface area contributed by atoms with Crippen LogP contribution in [0.3, 0.4) is 0 Å². The van der Waals surface area contributed by atoms with Crippen LogP contribution in [0.1, 0.15) is 33.2 Å². The standard InChI is InChI=1S/C17H19NO3/c1-11-4-3-5-13(6-11)16(20)10-18-17(21)14-7-12(2)8-15(19)9-14/h3-9,16,19-20H,10H2,1-2H3,(H,18,21). The molecule has 0 bridgehead atoms. The Kier molecular flexibility index (Phi) is 4.60. The summed E-state index contributed by atoms with van der Waals surface area (Å²) in [5.74, 6) is -0.264. The number of phenols is 1. The van der Waals surface area contributed by atoms with Crippen molar-refractivity contribution in [2.45, 2.75) is 20.0 Å². The van der Waals surface area contributed by atoms with Crippen LogP contribution in [0.25, 0.3) is 0 Å². The molecular formula is C17H19NO3. The van der Waals surface area contributed by atoms with Crippen molar-refractivity contribution in [3.05, 3.63) is 64.7 Å². The number of benzene rings is 2. The van der Waals surface area contributed by atoms with Gasteiger partial charge in [0.1, 0.15) is 5.75 Å². The monoisotopic (exact) mass is 285 g/mol. The average Bonchev–Trinajstić information content (AvgIpc) is 2.43. The molecule has 1 atom stereocenters. The molecule has 2 rings (SSSR count). The van der Waals surface area contributed by atoms with Crippen molar-refractivity contribution in [2.75, 3.05) is 6.54 Å². The highest BCUT2D eigenvalue weighted by Crippen LogP contribution is 2.16. The number of carbonyl (C=O) groups excluding carboxylic acids is 1. The predicted molar refractivity (Wildman–Crippen MR) is 81.3 cm³/mol. The molecule has 0 fully saturated rings. The maximum atomic E-state index is 12.0. The van der Waals surface area contributed by atoms with Gasteiger partial charge in [0.25, 0.3) is 5.91 Å². The average molecular weight is 285 g/mol. The maximum Gasteiger partial charge on any atom is 0.251 e. The topological polar surface area (TPSA) is 69.6 Å². The first-order valence-corrected chi connectivity index (χ1v) is 6.79. The van der Waals surface area contributed by atoms with Crippen LogP contribution in [-0.2, 0) is 0 Å². The summed E-state index contributed by atoms with van der Waals surface area (Å²) in [6.45, 7) is 3.87. The summed E-state index contributed by atoms with van der Waals surface area (Å²) in [6, 6.07) is 12.2. The number of phenolic OH excluding ortho intramolecular Hbond substituents is 1. The van der Waals surface area contributed by atoms with Crippen LogP contribution in [0, 0.1) is 13.8 Å². The van der Waals surface area contributed by atoms with Gasteiger partial charge >= 0.3 is 0 Å². The van der Waals surface area contributed by atoms with Gasteiger partial charge in [-0.25, -0.2) is 0 Å². The lowest BCUT2D eigenvalue weighted by atomic mass is 10.1. The van der Waals surface area contributed by atoms with E-state index in [0.29, 0.717) is 5.56 Å². The third-order valence-electron chi connectivity index (χ3n) is 3.21. The number of aliphatic hydroxyl groups excluding tert-OH is 1. The van der Waals surface area contributed by atoms with Gasteiger partial charge in [0.2, 0.25) is 0 Å². The van der Waals surface area contributed by atoms with E-state index in [1.54, 1.807) is 19.1 Å². The van der Waals surface area contributed by atoms with Gasteiger partial charge in [-0.2, -0.15) is 0 Å². The van der Waals surface area contributed by atoms with Gasteiger partial charge in [-0.3, -0.25) is 4.79 Å². The molecular weight excluding hydrogens is 266 g/mol. The second kappa shape index (κ2) is 6.41. The Labute approximate surface area is 124 Å². The highest BCUT2D eigenvalue weighted by Gasteiger charge is 2.12. The largest absolute Gasteiger partial charge is 0.508 e. The normalized spacial score (nSPS) is 12.0. The molecule has 0 aliphatic carbocycles. The van der Waals surface area contributed by atoms with Gasteiger partial charge in [0.15, 0.2) is 0 Å². The lowest BCUT2D eigenvalue weighted by molar-refractivity contribution is 0.0916. The molecule has 0 radical (unpaired) electrons. The molecule has 0 spiro atoms. The molecule has 110 valence electrons. The van der Waals surface area contributed by atoms with Gasteiger partial charge in [-0.1, -0.05) is 29.8 Å². The van der Waals surface area contributed by atoms with E-state index in [9.17, 15) is 15.0 Å². The Morgan fingerprint density at radius 1 is 1.14 bits per heavy atom. The fourth-order valence-electron chi connectivity index (χ4n) is 2.18. The Balaban J connectivity index is 2.00. The molecule has 0 aliphatic rings. The van der Waals surface area contributed by atoms with E-state index in [4.69, 9.17) is 0 Å². The van der Waals surface area contributed by atoms with Crippen molar-refractivity contribution in [1.82, 2.24) is 5.32 Å². The molecule has 0 aliphatic heterocycles. The molecule has 0 saturated carbocycles. The highest BCUT2D eigenvalue weighted by atomic mass is 16.3. The van der Waals surface area contributed by atoms with Crippen molar-refractivity contribution < 1.29 is 15.0 Å². The number of aromatic hydroxyl groups is 1. The zero-order valence-corrected chi connectivity index (χ0v) is 12.1. The number of aliphatic hydroxyl groups is 1. The van der Waals surface area contributed by atoms with Crippen LogP contribution in [-0.4, -0.2) is 22.7 Å². The fraction of sp³-hybridized carbons (Fsp3) is 0.235. The highest BCUT2D eigenvalue weighted by molar-refractivity contribution is 5.94. The number of hydrogen-bond donors (Lipinski definition) is 3. The molecule has 3 N–H and O–H groups in total. The molecule has 4 heteroatoms. The second-order valence-corrected chi connectivity index (χ2v) is 5.20. The number of aryl methyl sites for hydroxylation is 2. The van der Waals surface area contributed by atoms with Crippen LogP contribution in [0.15, 0.2) is 42.5 Å². The molecule has 1 amide bonds. The Hall–Kier alpha value is -2.33. The zero-order chi connectivity index (χ0) is 15.4. The van der Waals surface area contributed by atoms with Gasteiger partial charge < -0.3 is 15.5 Å². The van der Waals surface area contributed by atoms with Crippen LogP contribution in [0.5, 0.6) is 5.75 Å². The van der Waals surface area contributed by atoms with E-state index in [2.05, 4.69) is 5.32 Å². The van der Waals surface area contributed by atoms with Gasteiger partial charge in [-0.05, 0) is 43.2 Å². The first kappa shape index (κ1) is 15.1. The predicted octanol–water partition coefficient (Wildman–Crippen LogP) is 2.47. The molecule has 2 aromatic rings. The lowest BCUT2D eigenvalue weighted by Crippen LogP contribution is -2.28. The number of rotatable bonds is 4. The second-order valence-electron chi connectivity index (χ2n) is 5.20. The van der Waals surface area contributed by atoms with Gasteiger partial charge in [-0.15, -0.1) is 0 Å². The van der Waals surface area contributed by atoms with Crippen molar-refractivity contribution in [3.63, 3.8) is 0 Å². The van der Waals surface area contributed by atoms with Gasteiger partial charge in [0, 0.05) is 12.1 Å². The Bertz CT molecular complexity index is 632. The molecule has 0 aromatic heterocycles. The number of hydrogen-bond acceptors (Lipinski definition) is 3. The Morgan fingerprint density at radius 2 is 1.90 bits per heavy atom. The minimum absolute atomic E-state index is 0.0550. The maximum absolute atomic E-state index is 12.0. The first-order valence-electron chi connectivity index (χ1n) is 6.79. The van der Waals surface area contributed by atoms with E-state index in [1.165, 1.54) is 6.07 Å². The quantitative estimate of drug-likeness (QED) is 0.808. The summed E-state index contributed by atoms with van der Waals surface area (Å²) in [7, 11) is 0. The van der Waals surface area contributed by atoms with Crippen molar-refractivity contribution in [3.8, 4) is 5.75 Å². The zero-order valence-electron chi connectivity index (χ0n) is 12.1. The summed E-state index contributed by atoms with van der Waals surface area (Å²) < 4.78 is 0. The van der Waals surface area contributed by atoms with Gasteiger partial charge in [0.05, 0.1) is 6.10 Å². The minimum Gasteiger partial charge on any atom is -0.508 e. The molecule has 0 heterocycles. The van der Waals surface area contributed by atoms with Crippen LogP contribution in [0.2, 0.25) is 0 Å². The summed E-state index contributed by atoms with van der Waals surface area (Å²) in [5, 5.41) is 22.3. The number of carbonyl (C=O) groups is 1. The minimum atomic E-state index is -0.757. The molecule has 1 unspecified atom stereocenters. The third kappa shape index (κ3) is 4.07. The lowest BCUT2D eigenvalue weighted by Gasteiger charge is -2.13. The van der Waals surface area contributed by atoms with Crippen molar-refractivity contribution in [2.24, 2.45) is 0 Å².